The van der Waals surface area contributed by atoms with Crippen LogP contribution in [0.15, 0.2) is 66.9 Å². The number of imidazole rings is 1. The lowest BCUT2D eigenvalue weighted by atomic mass is 9.92. The van der Waals surface area contributed by atoms with E-state index >= 15 is 0 Å². The van der Waals surface area contributed by atoms with E-state index < -0.39 is 0 Å². The number of nitrogens with zero attached hydrogens (tertiary/aromatic N) is 6. The molecule has 0 bridgehead atoms. The molecule has 2 fully saturated rings. The van der Waals surface area contributed by atoms with E-state index in [4.69, 9.17) is 24.2 Å². The third-order valence-corrected chi connectivity index (χ3v) is 8.78. The maximum atomic E-state index is 12.2. The molecule has 222 valence electrons. The molecule has 7 rings (SSSR count). The van der Waals surface area contributed by atoms with Crippen molar-refractivity contribution in [3.05, 3.63) is 89.6 Å². The SMILES string of the molecule is COC(=O)c1ccc2nc([C@H](C)N3CCC(c4cccc(OCc5cc6ccccn6n5)n4)CC3)n(C[C@@H]3CCO3)c2c1. The second-order valence-corrected chi connectivity index (χ2v) is 11.4. The Morgan fingerprint density at radius 1 is 1.05 bits per heavy atom. The molecule has 10 nitrogen and oxygen atoms in total. The van der Waals surface area contributed by atoms with Crippen molar-refractivity contribution in [2.24, 2.45) is 0 Å². The highest BCUT2D eigenvalue weighted by Crippen LogP contribution is 2.34. The van der Waals surface area contributed by atoms with Crippen LogP contribution < -0.4 is 4.74 Å². The number of methoxy groups -OCH3 is 1. The van der Waals surface area contributed by atoms with Crippen LogP contribution in [0.4, 0.5) is 0 Å². The van der Waals surface area contributed by atoms with Crippen molar-refractivity contribution < 1.29 is 19.0 Å². The molecule has 0 N–H and O–H groups in total. The fourth-order valence-electron chi connectivity index (χ4n) is 6.22. The van der Waals surface area contributed by atoms with Gasteiger partial charge in [-0.3, -0.25) is 4.90 Å². The van der Waals surface area contributed by atoms with E-state index in [-0.39, 0.29) is 18.1 Å². The molecule has 0 radical (unpaired) electrons. The average molecular weight is 581 g/mol. The van der Waals surface area contributed by atoms with E-state index in [1.165, 1.54) is 7.11 Å². The van der Waals surface area contributed by atoms with Gasteiger partial charge in [0, 0.05) is 30.5 Å². The molecular formula is C33H36N6O4. The average Bonchev–Trinajstić information content (AvgIpc) is 3.62. The van der Waals surface area contributed by atoms with Gasteiger partial charge in [-0.1, -0.05) is 12.1 Å². The molecule has 5 aromatic rings. The van der Waals surface area contributed by atoms with Gasteiger partial charge in [-0.2, -0.15) is 5.10 Å². The fourth-order valence-corrected chi connectivity index (χ4v) is 6.22. The Morgan fingerprint density at radius 3 is 2.67 bits per heavy atom. The van der Waals surface area contributed by atoms with E-state index in [9.17, 15) is 4.79 Å². The zero-order valence-corrected chi connectivity index (χ0v) is 24.6. The molecule has 0 saturated carbocycles. The standard InChI is InChI=1S/C33H36N6O4/c1-22(32-35-29-10-9-24(33(40)41-2)18-30(29)38(32)20-27-13-17-42-27)37-15-11-23(12-16-37)28-7-5-8-31(34-28)43-21-25-19-26-6-3-4-14-39(26)36-25/h3-10,14,18-19,22-23,27H,11-13,15-17,20-21H2,1-2H3/t22-,27-/m0/s1. The van der Waals surface area contributed by atoms with Gasteiger partial charge >= 0.3 is 5.97 Å². The Labute approximate surface area is 250 Å². The van der Waals surface area contributed by atoms with Gasteiger partial charge in [0.15, 0.2) is 0 Å². The molecule has 2 aliphatic heterocycles. The molecule has 2 atom stereocenters. The van der Waals surface area contributed by atoms with Crippen LogP contribution in [0.25, 0.3) is 16.6 Å². The zero-order valence-electron chi connectivity index (χ0n) is 24.6. The summed E-state index contributed by atoms with van der Waals surface area (Å²) in [4.78, 5) is 24.7. The number of benzene rings is 1. The van der Waals surface area contributed by atoms with E-state index in [0.29, 0.717) is 24.0 Å². The van der Waals surface area contributed by atoms with Crippen molar-refractivity contribution in [3.63, 3.8) is 0 Å². The monoisotopic (exact) mass is 580 g/mol. The molecule has 0 unspecified atom stereocenters. The first-order chi connectivity index (χ1) is 21.1. The first-order valence-corrected chi connectivity index (χ1v) is 15.0. The Morgan fingerprint density at radius 2 is 1.91 bits per heavy atom. The van der Waals surface area contributed by atoms with Crippen LogP contribution in [0, 0.1) is 0 Å². The summed E-state index contributed by atoms with van der Waals surface area (Å²) in [6.07, 6.45) is 5.15. The zero-order chi connectivity index (χ0) is 29.3. The van der Waals surface area contributed by atoms with Gasteiger partial charge in [0.25, 0.3) is 0 Å². The van der Waals surface area contributed by atoms with E-state index in [2.05, 4.69) is 27.6 Å². The summed E-state index contributed by atoms with van der Waals surface area (Å²) in [5.74, 6) is 1.66. The van der Waals surface area contributed by atoms with Gasteiger partial charge in [-0.05, 0) is 81.7 Å². The number of aromatic nitrogens is 5. The second kappa shape index (κ2) is 11.8. The predicted molar refractivity (Wildman–Crippen MR) is 161 cm³/mol. The normalized spacial score (nSPS) is 18.5. The first-order valence-electron chi connectivity index (χ1n) is 15.0. The highest BCUT2D eigenvalue weighted by Gasteiger charge is 2.30. The third-order valence-electron chi connectivity index (χ3n) is 8.78. The lowest BCUT2D eigenvalue weighted by Crippen LogP contribution is -2.37. The fraction of sp³-hybridized carbons (Fsp3) is 0.394. The van der Waals surface area contributed by atoms with E-state index in [1.807, 2.05) is 59.2 Å². The molecule has 43 heavy (non-hydrogen) atoms. The number of hydrogen-bond donors (Lipinski definition) is 0. The molecule has 0 spiro atoms. The molecular weight excluding hydrogens is 544 g/mol. The highest BCUT2D eigenvalue weighted by atomic mass is 16.5. The Kier molecular flexibility index (Phi) is 7.54. The maximum Gasteiger partial charge on any atom is 0.337 e. The number of esters is 1. The summed E-state index contributed by atoms with van der Waals surface area (Å²) in [6.45, 7) is 6.01. The van der Waals surface area contributed by atoms with Crippen LogP contribution in [0.5, 0.6) is 5.88 Å². The summed E-state index contributed by atoms with van der Waals surface area (Å²) in [6, 6.07) is 19.8. The molecule has 4 aromatic heterocycles. The maximum absolute atomic E-state index is 12.2. The summed E-state index contributed by atoms with van der Waals surface area (Å²) in [7, 11) is 1.41. The number of pyridine rings is 2. The van der Waals surface area contributed by atoms with Crippen molar-refractivity contribution in [3.8, 4) is 5.88 Å². The molecule has 2 aliphatic rings. The van der Waals surface area contributed by atoms with Crippen LogP contribution in [0.2, 0.25) is 0 Å². The number of carbonyl (C=O) groups is 1. The number of carbonyl (C=O) groups excluding carboxylic acids is 1. The van der Waals surface area contributed by atoms with Gasteiger partial charge < -0.3 is 18.8 Å². The summed E-state index contributed by atoms with van der Waals surface area (Å²) in [5, 5.41) is 4.57. The smallest absolute Gasteiger partial charge is 0.337 e. The first kappa shape index (κ1) is 27.5. The molecule has 6 heterocycles. The van der Waals surface area contributed by atoms with Gasteiger partial charge in [0.05, 0.1) is 47.9 Å². The molecule has 1 aromatic carbocycles. The van der Waals surface area contributed by atoms with Crippen molar-refractivity contribution in [1.29, 1.82) is 0 Å². The molecule has 0 aliphatic carbocycles. The van der Waals surface area contributed by atoms with E-state index in [0.717, 1.165) is 79.3 Å². The summed E-state index contributed by atoms with van der Waals surface area (Å²) < 4.78 is 20.9. The van der Waals surface area contributed by atoms with Gasteiger partial charge in [0.1, 0.15) is 18.1 Å². The lowest BCUT2D eigenvalue weighted by molar-refractivity contribution is -0.0594. The van der Waals surface area contributed by atoms with Crippen molar-refractivity contribution in [2.75, 3.05) is 26.8 Å². The second-order valence-electron chi connectivity index (χ2n) is 11.4. The van der Waals surface area contributed by atoms with Crippen LogP contribution in [-0.4, -0.2) is 67.9 Å². The summed E-state index contributed by atoms with van der Waals surface area (Å²) >= 11 is 0. The summed E-state index contributed by atoms with van der Waals surface area (Å²) in [5.41, 5.74) is 5.35. The van der Waals surface area contributed by atoms with Gasteiger partial charge in [-0.15, -0.1) is 0 Å². The van der Waals surface area contributed by atoms with Crippen LogP contribution in [-0.2, 0) is 22.6 Å². The lowest BCUT2D eigenvalue weighted by Gasteiger charge is -2.36. The number of piperidine rings is 1. The Balaban J connectivity index is 1.03. The van der Waals surface area contributed by atoms with Crippen molar-refractivity contribution in [2.45, 2.75) is 57.4 Å². The number of fused-ring (bicyclic) bond motifs is 2. The van der Waals surface area contributed by atoms with Crippen LogP contribution in [0.1, 0.15) is 65.7 Å². The van der Waals surface area contributed by atoms with Crippen molar-refractivity contribution >= 4 is 22.5 Å². The molecule has 0 amide bonds. The van der Waals surface area contributed by atoms with Gasteiger partial charge in [-0.25, -0.2) is 19.3 Å². The topological polar surface area (TPSA) is 96.0 Å². The Bertz CT molecular complexity index is 1720. The minimum atomic E-state index is -0.343. The third kappa shape index (κ3) is 5.60. The molecule has 2 saturated heterocycles. The number of hydrogen-bond acceptors (Lipinski definition) is 8. The predicted octanol–water partition coefficient (Wildman–Crippen LogP) is 5.17. The minimum absolute atomic E-state index is 0.114. The number of ether oxygens (including phenoxy) is 3. The number of likely N-dealkylation sites (tertiary alicyclic amines) is 1. The largest absolute Gasteiger partial charge is 0.471 e. The van der Waals surface area contributed by atoms with Gasteiger partial charge in [0.2, 0.25) is 5.88 Å². The van der Waals surface area contributed by atoms with Crippen LogP contribution >= 0.6 is 0 Å². The highest BCUT2D eigenvalue weighted by molar-refractivity contribution is 5.93. The molecule has 10 heteroatoms. The Hall–Kier alpha value is -4.28. The minimum Gasteiger partial charge on any atom is -0.471 e. The van der Waals surface area contributed by atoms with Crippen molar-refractivity contribution in [1.82, 2.24) is 29.0 Å². The van der Waals surface area contributed by atoms with Crippen LogP contribution in [0.3, 0.4) is 0 Å². The van der Waals surface area contributed by atoms with E-state index in [1.54, 1.807) is 6.07 Å². The quantitative estimate of drug-likeness (QED) is 0.220. The number of rotatable bonds is 9.